The van der Waals surface area contributed by atoms with Crippen LogP contribution in [0.5, 0.6) is 5.75 Å². The second-order valence-corrected chi connectivity index (χ2v) is 19.6. The Morgan fingerprint density at radius 3 is 2.23 bits per heavy atom. The number of nitro benzene ring substituents is 1. The molecule has 0 bridgehead atoms. The van der Waals surface area contributed by atoms with Crippen molar-refractivity contribution in [3.05, 3.63) is 207 Å². The van der Waals surface area contributed by atoms with Crippen LogP contribution in [0.4, 0.5) is 27.5 Å². The number of amides is 3. The van der Waals surface area contributed by atoms with Crippen LogP contribution in [0.1, 0.15) is 77.3 Å². The Balaban J connectivity index is 1.15. The number of anilines is 3. The quantitative estimate of drug-likeness (QED) is 0.0511. The van der Waals surface area contributed by atoms with E-state index < -0.39 is 64.4 Å². The Labute approximate surface area is 444 Å². The summed E-state index contributed by atoms with van der Waals surface area (Å²) in [6.07, 6.45) is 3.85. The Morgan fingerprint density at radius 2 is 1.53 bits per heavy atom. The molecular formula is C61H55N5O11. The van der Waals surface area contributed by atoms with Crippen molar-refractivity contribution in [3.8, 4) is 17.6 Å². The van der Waals surface area contributed by atoms with Gasteiger partial charge in [0.1, 0.15) is 36.5 Å². The van der Waals surface area contributed by atoms with Gasteiger partial charge in [0.2, 0.25) is 11.8 Å². The van der Waals surface area contributed by atoms with Crippen LogP contribution in [-0.2, 0) is 40.6 Å². The summed E-state index contributed by atoms with van der Waals surface area (Å²) in [6.45, 7) is 1.82. The van der Waals surface area contributed by atoms with E-state index in [9.17, 15) is 15.2 Å². The van der Waals surface area contributed by atoms with E-state index in [-0.39, 0.29) is 36.8 Å². The van der Waals surface area contributed by atoms with Crippen LogP contribution in [0.2, 0.25) is 0 Å². The molecule has 0 aromatic heterocycles. The van der Waals surface area contributed by atoms with Crippen LogP contribution in [0.25, 0.3) is 0 Å². The van der Waals surface area contributed by atoms with Crippen LogP contribution in [0.15, 0.2) is 163 Å². The van der Waals surface area contributed by atoms with E-state index in [1.165, 1.54) is 24.3 Å². The molecule has 6 aromatic rings. The number of hydrogen-bond donors (Lipinski definition) is 2. The number of carbonyl (C=O) groups excluding carboxylic acids is 4. The molecule has 3 fully saturated rings. The fourth-order valence-corrected chi connectivity index (χ4v) is 11.7. The molecule has 11 rings (SSSR count). The number of non-ortho nitro benzene ring substituents is 1. The highest BCUT2D eigenvalue weighted by Crippen LogP contribution is 2.66. The van der Waals surface area contributed by atoms with E-state index in [4.69, 9.17) is 18.9 Å². The molecule has 3 saturated heterocycles. The number of aliphatic hydroxyl groups is 1. The van der Waals surface area contributed by atoms with Crippen molar-refractivity contribution in [3.63, 3.8) is 0 Å². The number of nitro groups is 1. The lowest BCUT2D eigenvalue weighted by molar-refractivity contribution is -0.384. The Hall–Kier alpha value is -8.62. The first kappa shape index (κ1) is 50.5. The number of ether oxygens (including phenoxy) is 4. The van der Waals surface area contributed by atoms with Crippen LogP contribution in [0.3, 0.4) is 0 Å². The van der Waals surface area contributed by atoms with Gasteiger partial charge in [-0.25, -0.2) is 9.69 Å². The molecule has 4 aliphatic heterocycles. The number of allylic oxidation sites excluding steroid dienone is 2. The number of benzene rings is 6. The Bertz CT molecular complexity index is 3300. The summed E-state index contributed by atoms with van der Waals surface area (Å²) < 4.78 is 24.3. The number of morpholine rings is 2. The first-order chi connectivity index (χ1) is 37.6. The summed E-state index contributed by atoms with van der Waals surface area (Å²) in [5, 5.41) is 24.5. The maximum absolute atomic E-state index is 16.8. The summed E-state index contributed by atoms with van der Waals surface area (Å²) in [4.78, 5) is 79.7. The van der Waals surface area contributed by atoms with Gasteiger partial charge in [-0.2, -0.15) is 0 Å². The van der Waals surface area contributed by atoms with Gasteiger partial charge in [-0.1, -0.05) is 90.7 Å². The third-order valence-electron chi connectivity index (χ3n) is 15.1. The maximum Gasteiger partial charge on any atom is 0.421 e. The van der Waals surface area contributed by atoms with E-state index in [1.807, 2.05) is 77.7 Å². The molecule has 6 atom stereocenters. The molecule has 1 aliphatic carbocycles. The fraction of sp³-hybridized carbons (Fsp3) is 0.279. The second-order valence-electron chi connectivity index (χ2n) is 19.6. The third kappa shape index (κ3) is 9.69. The molecule has 5 aliphatic rings. The van der Waals surface area contributed by atoms with Crippen LogP contribution < -0.4 is 19.9 Å². The molecular weight excluding hydrogens is 979 g/mol. The lowest BCUT2D eigenvalue weighted by Crippen LogP contribution is -2.54. The molecule has 0 unspecified atom stereocenters. The molecule has 0 radical (unpaired) electrons. The van der Waals surface area contributed by atoms with E-state index in [0.717, 1.165) is 47.4 Å². The number of imide groups is 1. The molecule has 1 spiro atoms. The minimum absolute atomic E-state index is 0.0510. The predicted molar refractivity (Wildman–Crippen MR) is 286 cm³/mol. The van der Waals surface area contributed by atoms with Crippen molar-refractivity contribution in [2.24, 2.45) is 5.92 Å². The molecule has 16 nitrogen and oxygen atoms in total. The van der Waals surface area contributed by atoms with E-state index >= 15 is 19.2 Å². The molecule has 390 valence electrons. The van der Waals surface area contributed by atoms with Gasteiger partial charge in [-0.3, -0.25) is 29.4 Å². The zero-order chi connectivity index (χ0) is 53.0. The van der Waals surface area contributed by atoms with Gasteiger partial charge < -0.3 is 34.3 Å². The number of fused-ring (bicyclic) bond motifs is 3. The molecule has 0 saturated carbocycles. The average molecular weight is 1030 g/mol. The normalized spacial score (nSPS) is 22.7. The molecule has 2 N–H and O–H groups in total. The van der Waals surface area contributed by atoms with Crippen LogP contribution in [0, 0.1) is 27.9 Å². The number of hydrogen-bond acceptors (Lipinski definition) is 13. The number of esters is 1. The lowest BCUT2D eigenvalue weighted by Gasteiger charge is -2.46. The fourth-order valence-electron chi connectivity index (χ4n) is 11.7. The number of nitrogens with one attached hydrogen (secondary N) is 1. The number of cyclic esters (lactones) is 1. The molecule has 3 amide bonds. The second kappa shape index (κ2) is 21.9. The van der Waals surface area contributed by atoms with Crippen molar-refractivity contribution in [1.82, 2.24) is 4.90 Å². The monoisotopic (exact) mass is 1030 g/mol. The van der Waals surface area contributed by atoms with Crippen LogP contribution in [-0.4, -0.2) is 84.4 Å². The van der Waals surface area contributed by atoms with Crippen molar-refractivity contribution >= 4 is 46.6 Å². The molecule has 16 heteroatoms. The highest BCUT2D eigenvalue weighted by Gasteiger charge is 2.76. The van der Waals surface area contributed by atoms with Gasteiger partial charge in [-0.05, 0) is 126 Å². The maximum atomic E-state index is 16.8. The van der Waals surface area contributed by atoms with E-state index in [1.54, 1.807) is 54.6 Å². The summed E-state index contributed by atoms with van der Waals surface area (Å²) in [6, 6.07) is 40.2. The van der Waals surface area contributed by atoms with Crippen molar-refractivity contribution < 1.29 is 48.2 Å². The Kier molecular flexibility index (Phi) is 14.4. The zero-order valence-electron chi connectivity index (χ0n) is 42.0. The number of carbonyl (C=O) groups is 4. The standard InChI is InChI=1S/C61H55N5O11/c67-33-36-75-49-18-10-17-45(38-49)56-61(50-37-41(20-19-40-11-4-1-5-12-40)23-30-51(50)64(59(61)70)60(71)76-39-42-21-26-48(27-22-42)66(72)73)52(57(68)62-46-24-28-47(29-25-46)63-31-34-74-35-32-63)54-58(69)77-55(44-15-8-3-9-16-44)53(65(54)56)43-13-6-2-7-14-43/h2-3,6-11,13-18,21-30,37-38,52-56,67H,1,4-5,12,31-36,39H2,(H,62,68)/t52-,53-,54-,55+,56+,61-/m1/s1. The van der Waals surface area contributed by atoms with Crippen molar-refractivity contribution in [2.45, 2.75) is 61.9 Å². The van der Waals surface area contributed by atoms with Crippen LogP contribution >= 0.6 is 0 Å². The van der Waals surface area contributed by atoms with Gasteiger partial charge >= 0.3 is 12.1 Å². The summed E-state index contributed by atoms with van der Waals surface area (Å²) in [7, 11) is 0. The highest BCUT2D eigenvalue weighted by molar-refractivity contribution is 6.24. The summed E-state index contributed by atoms with van der Waals surface area (Å²) in [5.74, 6) is 3.10. The van der Waals surface area contributed by atoms with Gasteiger partial charge in [0.25, 0.3) is 5.69 Å². The van der Waals surface area contributed by atoms with Gasteiger partial charge in [0.05, 0.1) is 48.4 Å². The van der Waals surface area contributed by atoms with Gasteiger partial charge in [-0.15, -0.1) is 0 Å². The van der Waals surface area contributed by atoms with E-state index in [0.29, 0.717) is 60.0 Å². The highest BCUT2D eigenvalue weighted by atomic mass is 16.6. The van der Waals surface area contributed by atoms with Gasteiger partial charge in [0.15, 0.2) is 0 Å². The predicted octanol–water partition coefficient (Wildman–Crippen LogP) is 9.30. The third-order valence-corrected chi connectivity index (χ3v) is 15.1. The minimum atomic E-state index is -2.14. The lowest BCUT2D eigenvalue weighted by atomic mass is 9.65. The molecule has 6 aromatic carbocycles. The smallest absolute Gasteiger partial charge is 0.421 e. The zero-order valence-corrected chi connectivity index (χ0v) is 42.0. The number of nitrogens with zero attached hydrogens (tertiary/aromatic N) is 4. The largest absolute Gasteiger partial charge is 0.491 e. The van der Waals surface area contributed by atoms with E-state index in [2.05, 4.69) is 28.1 Å². The Morgan fingerprint density at radius 1 is 0.805 bits per heavy atom. The van der Waals surface area contributed by atoms with Crippen molar-refractivity contribution in [1.29, 1.82) is 0 Å². The topological polar surface area (TPSA) is 190 Å². The minimum Gasteiger partial charge on any atom is -0.491 e. The summed E-state index contributed by atoms with van der Waals surface area (Å²) in [5.41, 5.74) is 3.12. The molecule has 4 heterocycles. The molecule has 77 heavy (non-hydrogen) atoms. The van der Waals surface area contributed by atoms with Gasteiger partial charge in [0, 0.05) is 42.2 Å². The SMILES string of the molecule is O=C1O[C@@H](c2ccccc2)[C@@H](c2ccccc2)N2[C@@H](c3cccc(OCCO)c3)[C@]3(C(=O)N(C(=O)OCc4ccc([N+](=O)[O-])cc4)c4ccc(C#CC5=CCCCC5)cc43)[C@@H](C(=O)Nc3ccc(N4CCOCC4)cc3)[C@H]12. The summed E-state index contributed by atoms with van der Waals surface area (Å²) >= 11 is 0. The first-order valence-corrected chi connectivity index (χ1v) is 25.9. The number of aliphatic hydroxyl groups excluding tert-OH is 1. The number of rotatable bonds is 12. The van der Waals surface area contributed by atoms with Crippen molar-refractivity contribution in [2.75, 3.05) is 54.6 Å². The first-order valence-electron chi connectivity index (χ1n) is 25.9. The average Bonchev–Trinajstić information content (AvgIpc) is 4.13.